The molecule has 2 heterocycles. The predicted molar refractivity (Wildman–Crippen MR) is 110 cm³/mol. The van der Waals surface area contributed by atoms with Gasteiger partial charge in [0.1, 0.15) is 5.75 Å². The lowest BCUT2D eigenvalue weighted by Gasteiger charge is -2.17. The number of carbonyl (C=O) groups excluding carboxylic acids is 1. The van der Waals surface area contributed by atoms with Crippen LogP contribution in [0.5, 0.6) is 5.75 Å². The average molecular weight is 421 g/mol. The Balaban J connectivity index is 0.00000225. The van der Waals surface area contributed by atoms with E-state index in [1.165, 1.54) is 11.3 Å². The summed E-state index contributed by atoms with van der Waals surface area (Å²) in [6.07, 6.45) is 3.92. The molecule has 9 heteroatoms. The molecule has 1 fully saturated rings. The Morgan fingerprint density at radius 2 is 1.93 bits per heavy atom. The molecule has 0 aliphatic heterocycles. The molecular formula is C19H21ClN4O3S. The fourth-order valence-corrected chi connectivity index (χ4v) is 4.02. The Morgan fingerprint density at radius 3 is 2.61 bits per heavy atom. The second-order valence-electron chi connectivity index (χ2n) is 6.63. The summed E-state index contributed by atoms with van der Waals surface area (Å²) >= 11 is 1.38. The molecule has 1 saturated carbocycles. The van der Waals surface area contributed by atoms with Crippen LogP contribution in [0.4, 0.5) is 5.00 Å². The Kier molecular flexibility index (Phi) is 6.02. The molecule has 148 valence electrons. The minimum absolute atomic E-state index is 0. The lowest BCUT2D eigenvalue weighted by Crippen LogP contribution is -2.34. The fraction of sp³-hybridized carbons (Fsp3) is 0.316. The van der Waals surface area contributed by atoms with Crippen LogP contribution >= 0.6 is 23.7 Å². The molecule has 0 bridgehead atoms. The maximum atomic E-state index is 12.4. The van der Waals surface area contributed by atoms with Crippen LogP contribution in [0.15, 0.2) is 40.9 Å². The summed E-state index contributed by atoms with van der Waals surface area (Å²) in [6.45, 7) is 0. The van der Waals surface area contributed by atoms with Crippen molar-refractivity contribution in [1.29, 1.82) is 0 Å². The largest absolute Gasteiger partial charge is 0.497 e. The number of anilines is 1. The normalized spacial score (nSPS) is 15.1. The average Bonchev–Trinajstić information content (AvgIpc) is 3.42. The third-order valence-electron chi connectivity index (χ3n) is 4.77. The number of methoxy groups -OCH3 is 1. The number of aromatic nitrogens is 2. The number of thiophene rings is 1. The first kappa shape index (κ1) is 20.3. The first-order valence-corrected chi connectivity index (χ1v) is 9.58. The van der Waals surface area contributed by atoms with Gasteiger partial charge in [-0.3, -0.25) is 4.79 Å². The highest BCUT2D eigenvalue weighted by molar-refractivity contribution is 7.19. The van der Waals surface area contributed by atoms with E-state index in [2.05, 4.69) is 15.5 Å². The lowest BCUT2D eigenvalue weighted by atomic mass is 9.99. The van der Waals surface area contributed by atoms with Gasteiger partial charge in [0.2, 0.25) is 0 Å². The van der Waals surface area contributed by atoms with E-state index in [0.29, 0.717) is 28.0 Å². The van der Waals surface area contributed by atoms with Gasteiger partial charge in [-0.05, 0) is 49.2 Å². The van der Waals surface area contributed by atoms with Crippen LogP contribution in [0.1, 0.15) is 41.9 Å². The van der Waals surface area contributed by atoms with E-state index in [4.69, 9.17) is 15.0 Å². The van der Waals surface area contributed by atoms with E-state index >= 15 is 0 Å². The highest BCUT2D eigenvalue weighted by Crippen LogP contribution is 2.37. The van der Waals surface area contributed by atoms with E-state index in [0.717, 1.165) is 30.6 Å². The molecule has 7 nitrogen and oxygen atoms in total. The number of carbonyl (C=O) groups is 1. The summed E-state index contributed by atoms with van der Waals surface area (Å²) in [6, 6.07) is 10.6. The van der Waals surface area contributed by atoms with Crippen molar-refractivity contribution in [3.63, 3.8) is 0 Å². The molecule has 0 radical (unpaired) electrons. The van der Waals surface area contributed by atoms with Gasteiger partial charge in [-0.25, -0.2) is 0 Å². The molecule has 3 aromatic rings. The molecule has 1 aliphatic rings. The maximum Gasteiger partial charge on any atom is 0.268 e. The quantitative estimate of drug-likeness (QED) is 0.640. The predicted octanol–water partition coefficient (Wildman–Crippen LogP) is 4.21. The van der Waals surface area contributed by atoms with Crippen molar-refractivity contribution in [3.05, 3.63) is 47.8 Å². The Morgan fingerprint density at radius 1 is 1.21 bits per heavy atom. The van der Waals surface area contributed by atoms with Crippen molar-refractivity contribution in [2.75, 3.05) is 12.4 Å². The van der Waals surface area contributed by atoms with Crippen LogP contribution in [0.2, 0.25) is 0 Å². The summed E-state index contributed by atoms with van der Waals surface area (Å²) in [5.74, 6) is 1.50. The molecule has 28 heavy (non-hydrogen) atoms. The standard InChI is InChI=1S/C19H20N4O3S.ClH/c1-25-13-6-4-12(5-7-13)16(24)21-15-9-8-14(27-15)17-22-18(23-26-17)19(20)10-2-3-11-19;/h4-9H,2-3,10-11,20H2,1H3,(H,21,24);1H. The zero-order chi connectivity index (χ0) is 18.9. The number of hydrogen-bond acceptors (Lipinski definition) is 7. The number of ether oxygens (including phenoxy) is 1. The van der Waals surface area contributed by atoms with Crippen molar-refractivity contribution >= 4 is 34.7 Å². The summed E-state index contributed by atoms with van der Waals surface area (Å²) in [4.78, 5) is 17.6. The van der Waals surface area contributed by atoms with Gasteiger partial charge in [-0.1, -0.05) is 18.0 Å². The minimum Gasteiger partial charge on any atom is -0.497 e. The van der Waals surface area contributed by atoms with Crippen molar-refractivity contribution in [2.24, 2.45) is 5.73 Å². The van der Waals surface area contributed by atoms with E-state index in [-0.39, 0.29) is 18.3 Å². The summed E-state index contributed by atoms with van der Waals surface area (Å²) in [7, 11) is 1.59. The number of benzene rings is 1. The first-order valence-electron chi connectivity index (χ1n) is 8.76. The zero-order valence-corrected chi connectivity index (χ0v) is 16.9. The lowest BCUT2D eigenvalue weighted by molar-refractivity contribution is 0.102. The third kappa shape index (κ3) is 4.04. The molecule has 0 atom stereocenters. The third-order valence-corrected chi connectivity index (χ3v) is 5.76. The molecule has 0 spiro atoms. The van der Waals surface area contributed by atoms with Gasteiger partial charge in [0.25, 0.3) is 11.8 Å². The zero-order valence-electron chi connectivity index (χ0n) is 15.3. The number of nitrogens with one attached hydrogen (secondary N) is 1. The van der Waals surface area contributed by atoms with Gasteiger partial charge in [-0.2, -0.15) is 4.98 Å². The van der Waals surface area contributed by atoms with Crippen LogP contribution in [-0.2, 0) is 5.54 Å². The number of nitrogens with zero attached hydrogens (tertiary/aromatic N) is 2. The second kappa shape index (κ2) is 8.30. The van der Waals surface area contributed by atoms with E-state index < -0.39 is 5.54 Å². The highest BCUT2D eigenvalue weighted by atomic mass is 35.5. The molecule has 1 aromatic carbocycles. The van der Waals surface area contributed by atoms with Crippen LogP contribution in [0.3, 0.4) is 0 Å². The molecule has 4 rings (SSSR count). The van der Waals surface area contributed by atoms with Crippen LogP contribution in [-0.4, -0.2) is 23.2 Å². The van der Waals surface area contributed by atoms with Gasteiger partial charge in [0, 0.05) is 5.56 Å². The van der Waals surface area contributed by atoms with Gasteiger partial charge in [0.05, 0.1) is 22.5 Å². The topological polar surface area (TPSA) is 103 Å². The Hall–Kier alpha value is -2.42. The minimum atomic E-state index is -0.482. The monoisotopic (exact) mass is 420 g/mol. The molecule has 2 aromatic heterocycles. The number of nitrogens with two attached hydrogens (primary N) is 1. The maximum absolute atomic E-state index is 12.4. The number of amides is 1. The molecule has 1 amide bonds. The van der Waals surface area contributed by atoms with Crippen molar-refractivity contribution in [2.45, 2.75) is 31.2 Å². The van der Waals surface area contributed by atoms with Gasteiger partial charge >= 0.3 is 0 Å². The summed E-state index contributed by atoms with van der Waals surface area (Å²) in [5.41, 5.74) is 6.45. The van der Waals surface area contributed by atoms with E-state index in [1.807, 2.05) is 12.1 Å². The molecule has 1 aliphatic carbocycles. The summed E-state index contributed by atoms with van der Waals surface area (Å²) in [5, 5.41) is 7.66. The van der Waals surface area contributed by atoms with Crippen molar-refractivity contribution in [3.8, 4) is 16.5 Å². The van der Waals surface area contributed by atoms with Gasteiger partial charge in [-0.15, -0.1) is 23.7 Å². The number of hydrogen-bond donors (Lipinski definition) is 2. The second-order valence-corrected chi connectivity index (χ2v) is 7.72. The van der Waals surface area contributed by atoms with Gasteiger partial charge in [0.15, 0.2) is 5.82 Å². The number of rotatable bonds is 5. The highest BCUT2D eigenvalue weighted by Gasteiger charge is 2.36. The van der Waals surface area contributed by atoms with E-state index in [9.17, 15) is 4.79 Å². The first-order chi connectivity index (χ1) is 13.1. The molecule has 0 saturated heterocycles. The summed E-state index contributed by atoms with van der Waals surface area (Å²) < 4.78 is 10.5. The number of halogens is 1. The Labute approximate surface area is 172 Å². The van der Waals surface area contributed by atoms with Crippen LogP contribution in [0.25, 0.3) is 10.8 Å². The Bertz CT molecular complexity index is 948. The van der Waals surface area contributed by atoms with Crippen LogP contribution in [0, 0.1) is 0 Å². The van der Waals surface area contributed by atoms with Crippen LogP contribution < -0.4 is 15.8 Å². The molecule has 3 N–H and O–H groups in total. The van der Waals surface area contributed by atoms with Crippen molar-refractivity contribution in [1.82, 2.24) is 10.1 Å². The smallest absolute Gasteiger partial charge is 0.268 e. The fourth-order valence-electron chi connectivity index (χ4n) is 3.20. The van der Waals surface area contributed by atoms with E-state index in [1.54, 1.807) is 31.4 Å². The SMILES string of the molecule is COc1ccc(C(=O)Nc2ccc(-c3nc(C4(N)CCCC4)no3)s2)cc1.Cl. The van der Waals surface area contributed by atoms with Gasteiger partial charge < -0.3 is 20.3 Å². The van der Waals surface area contributed by atoms with Crippen molar-refractivity contribution < 1.29 is 14.1 Å². The molecular weight excluding hydrogens is 400 g/mol. The molecule has 0 unspecified atom stereocenters.